The maximum absolute atomic E-state index is 11.8. The van der Waals surface area contributed by atoms with Crippen LogP contribution in [0.2, 0.25) is 0 Å². The van der Waals surface area contributed by atoms with E-state index in [4.69, 9.17) is 28.4 Å². The second-order valence-corrected chi connectivity index (χ2v) is 16.3. The number of aliphatic hydroxyl groups excluding tert-OH is 2. The molecule has 1 spiro atoms. The zero-order valence-electron chi connectivity index (χ0n) is 30.0. The standard InChI is InChI=1S/C36H62O11/c1-10-34(31-20(3)16-26(43-31)28-19(2)15-21(4)36(41,18-37)46-28)12-11-27(44-34)33(8)13-14-35(47-33)17-25(38)22(5)30(45-35)23(6)29(42-9)24(7)32(39)40/h19-31,37-38,41H,10-18H2,1-9H3,(H,39,40)/t19-,20-,21+,22+,23-,24-,25-,26?,27+,28?,29+,30?,31+,33-,34-,35+,36-/m0/s1/i1+1,2+1,3+1,4+1,5+1,6+1,7+1,8+1. The predicted octanol–water partition coefficient (Wildman–Crippen LogP) is 4.27. The first kappa shape index (κ1) is 37.4. The molecule has 5 fully saturated rings. The Balaban J connectivity index is 1.29. The van der Waals surface area contributed by atoms with Crippen LogP contribution >= 0.6 is 0 Å². The van der Waals surface area contributed by atoms with E-state index in [-0.39, 0.29) is 54.0 Å². The highest BCUT2D eigenvalue weighted by atomic mass is 16.7. The summed E-state index contributed by atoms with van der Waals surface area (Å²) in [6.45, 7) is 15.6. The van der Waals surface area contributed by atoms with E-state index in [2.05, 4.69) is 27.7 Å². The van der Waals surface area contributed by atoms with Gasteiger partial charge < -0.3 is 48.8 Å². The number of carboxylic acids is 1. The molecule has 17 atom stereocenters. The van der Waals surface area contributed by atoms with Crippen LogP contribution < -0.4 is 0 Å². The Bertz CT molecular complexity index is 1110. The van der Waals surface area contributed by atoms with Crippen molar-refractivity contribution < 1.29 is 53.6 Å². The lowest BCUT2D eigenvalue weighted by molar-refractivity contribution is -0.336. The third kappa shape index (κ3) is 6.67. The third-order valence-corrected chi connectivity index (χ3v) is 13.0. The summed E-state index contributed by atoms with van der Waals surface area (Å²) in [7, 11) is 1.52. The molecular weight excluding hydrogens is 616 g/mol. The van der Waals surface area contributed by atoms with Crippen LogP contribution in [0.5, 0.6) is 0 Å². The average molecular weight is 679 g/mol. The van der Waals surface area contributed by atoms with Gasteiger partial charge in [-0.25, -0.2) is 0 Å². The van der Waals surface area contributed by atoms with Crippen molar-refractivity contribution in [3.63, 3.8) is 0 Å². The summed E-state index contributed by atoms with van der Waals surface area (Å²) in [6, 6.07) is 0. The summed E-state index contributed by atoms with van der Waals surface area (Å²) in [5, 5.41) is 41.8. The molecule has 0 saturated carbocycles. The summed E-state index contributed by atoms with van der Waals surface area (Å²) in [4.78, 5) is 11.8. The molecule has 0 amide bonds. The van der Waals surface area contributed by atoms with Crippen molar-refractivity contribution in [2.75, 3.05) is 13.7 Å². The van der Waals surface area contributed by atoms with E-state index in [1.54, 1.807) is 6.92 Å². The van der Waals surface area contributed by atoms with Gasteiger partial charge in [-0.2, -0.15) is 0 Å². The number of aliphatic hydroxyl groups is 3. The Morgan fingerprint density at radius 3 is 2.34 bits per heavy atom. The number of ether oxygens (including phenoxy) is 6. The van der Waals surface area contributed by atoms with Crippen molar-refractivity contribution in [2.45, 2.75) is 172 Å². The van der Waals surface area contributed by atoms with Gasteiger partial charge in [-0.1, -0.05) is 41.5 Å². The van der Waals surface area contributed by atoms with Crippen molar-refractivity contribution in [2.24, 2.45) is 35.5 Å². The molecule has 47 heavy (non-hydrogen) atoms. The summed E-state index contributed by atoms with van der Waals surface area (Å²) in [5.41, 5.74) is -1.15. The van der Waals surface area contributed by atoms with E-state index in [0.29, 0.717) is 19.3 Å². The minimum absolute atomic E-state index is 0.153. The van der Waals surface area contributed by atoms with Crippen molar-refractivity contribution in [1.82, 2.24) is 0 Å². The zero-order chi connectivity index (χ0) is 34.7. The topological polar surface area (TPSA) is 153 Å². The molecule has 5 aliphatic rings. The van der Waals surface area contributed by atoms with E-state index in [0.717, 1.165) is 32.1 Å². The number of hydrogen-bond donors (Lipinski definition) is 4. The smallest absolute Gasteiger partial charge is 0.308 e. The normalized spacial score (nSPS) is 50.9. The van der Waals surface area contributed by atoms with Gasteiger partial charge in [0.25, 0.3) is 0 Å². The summed E-state index contributed by atoms with van der Waals surface area (Å²) in [6.07, 6.45) is 2.99. The lowest BCUT2D eigenvalue weighted by Gasteiger charge is -2.49. The van der Waals surface area contributed by atoms with E-state index < -0.39 is 59.6 Å². The fraction of sp³-hybridized carbons (Fsp3) is 0.972. The van der Waals surface area contributed by atoms with Crippen LogP contribution in [-0.2, 0) is 33.2 Å². The Morgan fingerprint density at radius 1 is 1.02 bits per heavy atom. The first-order chi connectivity index (χ1) is 22.0. The minimum Gasteiger partial charge on any atom is -0.481 e. The van der Waals surface area contributed by atoms with Crippen LogP contribution in [0.1, 0.15) is 107 Å². The minimum atomic E-state index is -1.56. The molecule has 11 nitrogen and oxygen atoms in total. The molecule has 11 heteroatoms. The van der Waals surface area contributed by atoms with Crippen molar-refractivity contribution in [1.29, 1.82) is 0 Å². The lowest BCUT2D eigenvalue weighted by Crippen LogP contribution is -2.57. The third-order valence-electron chi connectivity index (χ3n) is 13.0. The molecule has 0 aromatic carbocycles. The van der Waals surface area contributed by atoms with Gasteiger partial charge in [-0.3, -0.25) is 4.79 Å². The lowest BCUT2D eigenvalue weighted by atomic mass is 9.83. The van der Waals surface area contributed by atoms with Gasteiger partial charge in [0, 0.05) is 37.7 Å². The van der Waals surface area contributed by atoms with E-state index in [9.17, 15) is 25.2 Å². The van der Waals surface area contributed by atoms with E-state index in [1.165, 1.54) is 7.11 Å². The fourth-order valence-electron chi connectivity index (χ4n) is 9.91. The zero-order valence-corrected chi connectivity index (χ0v) is 30.0. The molecule has 0 aliphatic carbocycles. The molecule has 5 saturated heterocycles. The number of hydrogen-bond acceptors (Lipinski definition) is 10. The largest absolute Gasteiger partial charge is 0.481 e. The molecule has 4 N–H and O–H groups in total. The van der Waals surface area contributed by atoms with Crippen molar-refractivity contribution in [3.05, 3.63) is 0 Å². The maximum atomic E-state index is 11.8. The van der Waals surface area contributed by atoms with Crippen LogP contribution in [0, 0.1) is 35.5 Å². The molecule has 5 aliphatic heterocycles. The Morgan fingerprint density at radius 2 is 1.72 bits per heavy atom. The van der Waals surface area contributed by atoms with Crippen LogP contribution in [0.4, 0.5) is 0 Å². The second-order valence-electron chi connectivity index (χ2n) is 16.3. The number of methoxy groups -OCH3 is 1. The molecule has 0 radical (unpaired) electrons. The molecule has 5 rings (SSSR count). The average Bonchev–Trinajstić information content (AvgIpc) is 3.73. The van der Waals surface area contributed by atoms with Gasteiger partial charge in [0.1, 0.15) is 0 Å². The number of carbonyl (C=O) groups is 1. The van der Waals surface area contributed by atoms with Crippen molar-refractivity contribution >= 4 is 5.97 Å². The maximum Gasteiger partial charge on any atom is 0.308 e. The Labute approximate surface area is 281 Å². The first-order valence-corrected chi connectivity index (χ1v) is 18.1. The molecule has 0 aromatic rings. The van der Waals surface area contributed by atoms with Crippen LogP contribution in [-0.4, -0.2) is 106 Å². The van der Waals surface area contributed by atoms with Gasteiger partial charge in [0.2, 0.25) is 0 Å². The molecule has 5 heterocycles. The van der Waals surface area contributed by atoms with E-state index >= 15 is 0 Å². The number of aliphatic carboxylic acids is 1. The quantitative estimate of drug-likeness (QED) is 0.245. The number of rotatable bonds is 10. The first-order valence-electron chi connectivity index (χ1n) is 18.1. The molecule has 0 bridgehead atoms. The monoisotopic (exact) mass is 678 g/mol. The van der Waals surface area contributed by atoms with Crippen LogP contribution in [0.15, 0.2) is 0 Å². The molecule has 272 valence electrons. The van der Waals surface area contributed by atoms with Crippen molar-refractivity contribution in [3.8, 4) is 0 Å². The highest BCUT2D eigenvalue weighted by molar-refractivity contribution is 5.70. The van der Waals surface area contributed by atoms with Crippen LogP contribution in [0.3, 0.4) is 0 Å². The van der Waals surface area contributed by atoms with Gasteiger partial charge in [-0.15, -0.1) is 0 Å². The van der Waals surface area contributed by atoms with E-state index in [1.807, 2.05) is 20.8 Å². The van der Waals surface area contributed by atoms with Gasteiger partial charge in [0.15, 0.2) is 11.6 Å². The summed E-state index contributed by atoms with van der Waals surface area (Å²) < 4.78 is 39.4. The summed E-state index contributed by atoms with van der Waals surface area (Å²) in [5.74, 6) is -4.52. The summed E-state index contributed by atoms with van der Waals surface area (Å²) >= 11 is 0. The molecule has 0 aromatic heterocycles. The highest BCUT2D eigenvalue weighted by Crippen LogP contribution is 2.55. The van der Waals surface area contributed by atoms with Gasteiger partial charge in [0.05, 0.1) is 66.5 Å². The van der Waals surface area contributed by atoms with Gasteiger partial charge in [-0.05, 0) is 64.2 Å². The number of carboxylic acid groups (broad SMARTS) is 1. The Hall–Kier alpha value is -0.890. The highest BCUT2D eigenvalue weighted by Gasteiger charge is 2.62. The molecule has 3 unspecified atom stereocenters. The van der Waals surface area contributed by atoms with Crippen LogP contribution in [0.25, 0.3) is 0 Å². The van der Waals surface area contributed by atoms with Gasteiger partial charge >= 0.3 is 5.97 Å². The predicted molar refractivity (Wildman–Crippen MR) is 172 cm³/mol. The SMILES string of the molecule is CO[C@@H]([C@H]([13CH3])C(=O)O)[C@H]([13CH3])C1O[C@@]2(CC[C@@]([13CH3])([C@H]3CC[C@@](C[13CH3])([C@@H]4OC(C5O[C@@](O)(CO)[C@H]([13CH3])C[C@@H]5[13CH3])C[C@@H]4[13CH3])O3)O2)C[C@H](O)[C@H]1[13CH3]. The second kappa shape index (κ2) is 13.7. The molecular formula is C36H62O11. The Kier molecular flexibility index (Phi) is 10.9. The fourth-order valence-corrected chi connectivity index (χ4v) is 9.91.